The van der Waals surface area contributed by atoms with Gasteiger partial charge in [0, 0.05) is 23.6 Å². The number of pyridine rings is 1. The maximum atomic E-state index is 13.1. The molecule has 0 spiro atoms. The van der Waals surface area contributed by atoms with Crippen molar-refractivity contribution in [3.05, 3.63) is 48.2 Å². The summed E-state index contributed by atoms with van der Waals surface area (Å²) in [5.41, 5.74) is -3.55. The van der Waals surface area contributed by atoms with Crippen LogP contribution in [0.3, 0.4) is 0 Å². The van der Waals surface area contributed by atoms with Crippen molar-refractivity contribution in [1.82, 2.24) is 14.8 Å². The van der Waals surface area contributed by atoms with Crippen LogP contribution >= 0.6 is 11.8 Å². The third kappa shape index (κ3) is 5.98. The van der Waals surface area contributed by atoms with E-state index in [4.69, 9.17) is 0 Å². The lowest BCUT2D eigenvalue weighted by Gasteiger charge is -2.28. The number of amides is 4. The van der Waals surface area contributed by atoms with Crippen molar-refractivity contribution in [2.75, 3.05) is 30.4 Å². The maximum Gasteiger partial charge on any atom is 0.446 e. The fourth-order valence-electron chi connectivity index (χ4n) is 4.28. The van der Waals surface area contributed by atoms with Crippen molar-refractivity contribution in [1.29, 1.82) is 0 Å². The van der Waals surface area contributed by atoms with Gasteiger partial charge in [-0.1, -0.05) is 0 Å². The van der Waals surface area contributed by atoms with Crippen LogP contribution in [0.4, 0.5) is 29.5 Å². The highest BCUT2D eigenvalue weighted by Gasteiger charge is 2.43. The summed E-state index contributed by atoms with van der Waals surface area (Å²) in [5, 5.41) is 2.85. The molecule has 1 aromatic heterocycles. The van der Waals surface area contributed by atoms with Crippen LogP contribution in [0.15, 0.2) is 47.5 Å². The predicted molar refractivity (Wildman–Crippen MR) is 129 cm³/mol. The van der Waals surface area contributed by atoms with Crippen LogP contribution in [0.1, 0.15) is 25.3 Å². The number of alkyl halides is 3. The van der Waals surface area contributed by atoms with Crippen molar-refractivity contribution in [2.45, 2.75) is 42.8 Å². The first-order valence-corrected chi connectivity index (χ1v) is 12.3. The van der Waals surface area contributed by atoms with Crippen LogP contribution in [-0.2, 0) is 16.1 Å². The van der Waals surface area contributed by atoms with Gasteiger partial charge in [-0.2, -0.15) is 13.2 Å². The van der Waals surface area contributed by atoms with E-state index in [1.165, 1.54) is 35.4 Å². The molecule has 8 nitrogen and oxygen atoms in total. The van der Waals surface area contributed by atoms with Crippen molar-refractivity contribution in [2.24, 2.45) is 5.92 Å². The Balaban J connectivity index is 1.43. The van der Waals surface area contributed by atoms with Crippen LogP contribution in [0.5, 0.6) is 0 Å². The molecule has 1 unspecified atom stereocenters. The molecule has 2 fully saturated rings. The standard InChI is InChI=1S/C24H26F3N5O3S/c1-15-22(34)32(18-3-5-19(6-4-18)36-24(25,26)27)23(35)31(15)14-16-7-10-28-20(13-16)29-21(33)17-8-11-30(2)12-9-17/h3-7,10,13,15,17H,8-9,11-12,14H2,1-2H3,(H,28,29,33). The van der Waals surface area contributed by atoms with Crippen molar-refractivity contribution < 1.29 is 27.6 Å². The molecule has 12 heteroatoms. The van der Waals surface area contributed by atoms with Crippen LogP contribution in [-0.4, -0.2) is 64.3 Å². The normalized spacial score (nSPS) is 19.8. The molecule has 1 aromatic carbocycles. The molecule has 0 radical (unpaired) electrons. The first-order valence-electron chi connectivity index (χ1n) is 11.5. The molecule has 192 valence electrons. The highest BCUT2D eigenvalue weighted by atomic mass is 32.2. The van der Waals surface area contributed by atoms with Gasteiger partial charge in [0.1, 0.15) is 11.9 Å². The molecule has 3 heterocycles. The van der Waals surface area contributed by atoms with Gasteiger partial charge in [-0.3, -0.25) is 9.59 Å². The molecular weight excluding hydrogens is 495 g/mol. The third-order valence-electron chi connectivity index (χ3n) is 6.33. The summed E-state index contributed by atoms with van der Waals surface area (Å²) in [6, 6.07) is 7.12. The number of imide groups is 1. The number of nitrogens with one attached hydrogen (secondary N) is 1. The molecule has 4 amide bonds. The van der Waals surface area contributed by atoms with Gasteiger partial charge in [-0.25, -0.2) is 14.7 Å². The van der Waals surface area contributed by atoms with Crippen molar-refractivity contribution >= 4 is 41.1 Å². The number of aromatic nitrogens is 1. The van der Waals surface area contributed by atoms with E-state index < -0.39 is 23.5 Å². The number of piperidine rings is 1. The Morgan fingerprint density at radius 3 is 2.44 bits per heavy atom. The number of hydrogen-bond donors (Lipinski definition) is 1. The number of rotatable bonds is 6. The fraction of sp³-hybridized carbons (Fsp3) is 0.417. The number of benzene rings is 1. The number of carbonyl (C=O) groups excluding carboxylic acids is 3. The number of likely N-dealkylation sites (tertiary alicyclic amines) is 1. The average molecular weight is 522 g/mol. The summed E-state index contributed by atoms with van der Waals surface area (Å²) in [6.07, 6.45) is 3.08. The maximum absolute atomic E-state index is 13.1. The van der Waals surface area contributed by atoms with Gasteiger partial charge in [0.15, 0.2) is 0 Å². The van der Waals surface area contributed by atoms with Crippen molar-refractivity contribution in [3.8, 4) is 0 Å². The zero-order valence-corrected chi connectivity index (χ0v) is 20.6. The Morgan fingerprint density at radius 1 is 1.14 bits per heavy atom. The van der Waals surface area contributed by atoms with Crippen LogP contribution in [0.25, 0.3) is 0 Å². The van der Waals surface area contributed by atoms with E-state index in [1.807, 2.05) is 7.05 Å². The second kappa shape index (κ2) is 10.5. The number of hydrogen-bond acceptors (Lipinski definition) is 6. The molecular formula is C24H26F3N5O3S. The molecule has 1 atom stereocenters. The van der Waals surface area contributed by atoms with Crippen molar-refractivity contribution in [3.63, 3.8) is 0 Å². The molecule has 2 aliphatic heterocycles. The van der Waals surface area contributed by atoms with E-state index in [0.717, 1.165) is 30.8 Å². The van der Waals surface area contributed by atoms with E-state index in [-0.39, 0.29) is 40.7 Å². The Labute approximate surface area is 210 Å². The molecule has 2 saturated heterocycles. The van der Waals surface area contributed by atoms with E-state index in [1.54, 1.807) is 19.1 Å². The number of urea groups is 1. The fourth-order valence-corrected chi connectivity index (χ4v) is 4.82. The summed E-state index contributed by atoms with van der Waals surface area (Å²) < 4.78 is 37.8. The molecule has 0 saturated carbocycles. The van der Waals surface area contributed by atoms with E-state index in [9.17, 15) is 27.6 Å². The number of carbonyl (C=O) groups is 3. The Bertz CT molecular complexity index is 1140. The minimum Gasteiger partial charge on any atom is -0.310 e. The minimum atomic E-state index is -4.43. The zero-order chi connectivity index (χ0) is 26.0. The van der Waals surface area contributed by atoms with E-state index in [0.29, 0.717) is 11.4 Å². The quantitative estimate of drug-likeness (QED) is 0.450. The monoisotopic (exact) mass is 521 g/mol. The van der Waals surface area contributed by atoms with E-state index >= 15 is 0 Å². The Hall–Kier alpha value is -3.12. The Morgan fingerprint density at radius 2 is 1.81 bits per heavy atom. The molecule has 0 aliphatic carbocycles. The number of thioether (sulfide) groups is 1. The highest BCUT2D eigenvalue weighted by molar-refractivity contribution is 8.00. The average Bonchev–Trinajstić information content (AvgIpc) is 3.02. The number of halogens is 3. The summed E-state index contributed by atoms with van der Waals surface area (Å²) in [7, 11) is 2.02. The second-order valence-electron chi connectivity index (χ2n) is 8.92. The number of nitrogens with zero attached hydrogens (tertiary/aromatic N) is 4. The smallest absolute Gasteiger partial charge is 0.310 e. The molecule has 36 heavy (non-hydrogen) atoms. The van der Waals surface area contributed by atoms with Gasteiger partial charge >= 0.3 is 11.5 Å². The van der Waals surface area contributed by atoms with Gasteiger partial charge < -0.3 is 15.1 Å². The lowest BCUT2D eigenvalue weighted by molar-refractivity contribution is -0.121. The van der Waals surface area contributed by atoms with E-state index in [2.05, 4.69) is 15.2 Å². The van der Waals surface area contributed by atoms with Gasteiger partial charge in [0.25, 0.3) is 5.91 Å². The zero-order valence-electron chi connectivity index (χ0n) is 19.8. The van der Waals surface area contributed by atoms with Gasteiger partial charge in [-0.05, 0) is 93.6 Å². The lowest BCUT2D eigenvalue weighted by atomic mass is 9.96. The topological polar surface area (TPSA) is 85.9 Å². The van der Waals surface area contributed by atoms with Crippen LogP contribution < -0.4 is 10.2 Å². The lowest BCUT2D eigenvalue weighted by Crippen LogP contribution is -2.36. The van der Waals surface area contributed by atoms with Crippen LogP contribution in [0, 0.1) is 5.92 Å². The van der Waals surface area contributed by atoms with Crippen LogP contribution in [0.2, 0.25) is 0 Å². The third-order valence-corrected chi connectivity index (χ3v) is 7.07. The summed E-state index contributed by atoms with van der Waals surface area (Å²) in [6.45, 7) is 3.41. The van der Waals surface area contributed by atoms with Gasteiger partial charge in [0.2, 0.25) is 5.91 Å². The predicted octanol–water partition coefficient (Wildman–Crippen LogP) is 4.33. The largest absolute Gasteiger partial charge is 0.446 e. The second-order valence-corrected chi connectivity index (χ2v) is 10.1. The Kier molecular flexibility index (Phi) is 7.55. The summed E-state index contributed by atoms with van der Waals surface area (Å²) >= 11 is -0.266. The summed E-state index contributed by atoms with van der Waals surface area (Å²) in [4.78, 5) is 47.3. The minimum absolute atomic E-state index is 0.0399. The number of anilines is 2. The SMILES string of the molecule is CC1C(=O)N(c2ccc(SC(F)(F)F)cc2)C(=O)N1Cc1ccnc(NC(=O)C2CCN(C)CC2)c1. The molecule has 2 aromatic rings. The molecule has 1 N–H and O–H groups in total. The molecule has 4 rings (SSSR count). The van der Waals surface area contributed by atoms with Gasteiger partial charge in [-0.15, -0.1) is 0 Å². The first-order chi connectivity index (χ1) is 17.0. The van der Waals surface area contributed by atoms with Gasteiger partial charge in [0.05, 0.1) is 5.69 Å². The highest BCUT2D eigenvalue weighted by Crippen LogP contribution is 2.38. The molecule has 2 aliphatic rings. The first kappa shape index (κ1) is 26.0. The summed E-state index contributed by atoms with van der Waals surface area (Å²) in [5.74, 6) is -0.275. The molecule has 0 bridgehead atoms.